The lowest BCUT2D eigenvalue weighted by Gasteiger charge is -2.00. The van der Waals surface area contributed by atoms with Crippen molar-refractivity contribution in [1.29, 1.82) is 0 Å². The van der Waals surface area contributed by atoms with Crippen molar-refractivity contribution in [2.45, 2.75) is 17.2 Å². The molecule has 0 saturated heterocycles. The first-order valence-corrected chi connectivity index (χ1v) is 5.74. The van der Waals surface area contributed by atoms with Gasteiger partial charge in [-0.2, -0.15) is 15.0 Å². The number of rotatable bonds is 2. The standard InChI is InChI=1S/C7H6Cl2N6S/c1-3-13-14-7(15(3)2)16-6-11-4(8)10-5(9)12-6/h1-2H3. The smallest absolute Gasteiger partial charge is 0.227 e. The molecule has 84 valence electrons. The molecular weight excluding hydrogens is 271 g/mol. The predicted molar refractivity (Wildman–Crippen MR) is 59.7 cm³/mol. The van der Waals surface area contributed by atoms with Gasteiger partial charge < -0.3 is 4.57 Å². The molecule has 0 unspecified atom stereocenters. The molecule has 0 fully saturated rings. The van der Waals surface area contributed by atoms with E-state index in [0.717, 1.165) is 5.82 Å². The zero-order chi connectivity index (χ0) is 11.7. The van der Waals surface area contributed by atoms with Gasteiger partial charge in [-0.1, -0.05) is 0 Å². The molecule has 0 aliphatic heterocycles. The van der Waals surface area contributed by atoms with Gasteiger partial charge in [-0.15, -0.1) is 10.2 Å². The first-order chi connectivity index (χ1) is 7.56. The molecule has 16 heavy (non-hydrogen) atoms. The highest BCUT2D eigenvalue weighted by Gasteiger charge is 2.10. The van der Waals surface area contributed by atoms with E-state index in [1.165, 1.54) is 11.8 Å². The Balaban J connectivity index is 2.30. The second kappa shape index (κ2) is 4.52. The summed E-state index contributed by atoms with van der Waals surface area (Å²) < 4.78 is 1.82. The zero-order valence-electron chi connectivity index (χ0n) is 8.35. The summed E-state index contributed by atoms with van der Waals surface area (Å²) in [4.78, 5) is 11.5. The maximum atomic E-state index is 5.66. The van der Waals surface area contributed by atoms with Crippen LogP contribution >= 0.6 is 35.0 Å². The number of nitrogens with zero attached hydrogens (tertiary/aromatic N) is 6. The summed E-state index contributed by atoms with van der Waals surface area (Å²) in [5, 5.41) is 9.04. The Bertz CT molecular complexity index is 507. The zero-order valence-corrected chi connectivity index (χ0v) is 10.7. The molecule has 0 radical (unpaired) electrons. The number of hydrogen-bond acceptors (Lipinski definition) is 6. The lowest BCUT2D eigenvalue weighted by Crippen LogP contribution is -1.96. The van der Waals surface area contributed by atoms with E-state index in [2.05, 4.69) is 25.1 Å². The number of hydrogen-bond donors (Lipinski definition) is 0. The molecule has 0 bridgehead atoms. The van der Waals surface area contributed by atoms with E-state index in [1.54, 1.807) is 0 Å². The van der Waals surface area contributed by atoms with Crippen LogP contribution in [0.15, 0.2) is 10.3 Å². The van der Waals surface area contributed by atoms with Crippen molar-refractivity contribution in [3.63, 3.8) is 0 Å². The first-order valence-electron chi connectivity index (χ1n) is 4.17. The van der Waals surface area contributed by atoms with E-state index < -0.39 is 0 Å². The second-order valence-electron chi connectivity index (χ2n) is 2.85. The van der Waals surface area contributed by atoms with Crippen LogP contribution in [0.5, 0.6) is 0 Å². The van der Waals surface area contributed by atoms with Crippen molar-refractivity contribution in [3.05, 3.63) is 16.4 Å². The van der Waals surface area contributed by atoms with Gasteiger partial charge in [-0.3, -0.25) is 0 Å². The molecule has 2 aromatic heterocycles. The van der Waals surface area contributed by atoms with Gasteiger partial charge in [0.05, 0.1) is 0 Å². The van der Waals surface area contributed by atoms with Crippen LogP contribution in [0.2, 0.25) is 10.6 Å². The van der Waals surface area contributed by atoms with Crippen molar-refractivity contribution in [2.75, 3.05) is 0 Å². The normalized spacial score (nSPS) is 10.8. The summed E-state index contributed by atoms with van der Waals surface area (Å²) in [7, 11) is 1.85. The van der Waals surface area contributed by atoms with Crippen molar-refractivity contribution < 1.29 is 0 Å². The molecule has 0 saturated carbocycles. The molecule has 9 heteroatoms. The molecule has 0 aliphatic rings. The third-order valence-corrected chi connectivity index (χ3v) is 3.04. The highest BCUT2D eigenvalue weighted by Crippen LogP contribution is 2.24. The SMILES string of the molecule is Cc1nnc(Sc2nc(Cl)nc(Cl)n2)n1C. The monoisotopic (exact) mass is 276 g/mol. The van der Waals surface area contributed by atoms with E-state index in [-0.39, 0.29) is 10.6 Å². The summed E-state index contributed by atoms with van der Waals surface area (Å²) in [6.07, 6.45) is 0. The quantitative estimate of drug-likeness (QED) is 0.833. The first kappa shape index (κ1) is 11.6. The van der Waals surface area contributed by atoms with Crippen LogP contribution in [0.1, 0.15) is 5.82 Å². The fourth-order valence-corrected chi connectivity index (χ4v) is 2.15. The highest BCUT2D eigenvalue weighted by molar-refractivity contribution is 7.99. The maximum absolute atomic E-state index is 5.66. The average molecular weight is 277 g/mol. The molecule has 2 heterocycles. The van der Waals surface area contributed by atoms with Crippen LogP contribution in [0.25, 0.3) is 0 Å². The lowest BCUT2D eigenvalue weighted by molar-refractivity contribution is 0.761. The van der Waals surface area contributed by atoms with Crippen LogP contribution in [0.3, 0.4) is 0 Å². The minimum absolute atomic E-state index is 0.0568. The molecule has 0 amide bonds. The van der Waals surface area contributed by atoms with Crippen molar-refractivity contribution >= 4 is 35.0 Å². The second-order valence-corrected chi connectivity index (χ2v) is 4.46. The Kier molecular flexibility index (Phi) is 3.27. The molecule has 0 spiro atoms. The fraction of sp³-hybridized carbons (Fsp3) is 0.286. The molecule has 0 aliphatic carbocycles. The van der Waals surface area contributed by atoms with Gasteiger partial charge in [0.2, 0.25) is 15.7 Å². The topological polar surface area (TPSA) is 69.4 Å². The van der Waals surface area contributed by atoms with Gasteiger partial charge in [-0.05, 0) is 41.9 Å². The molecule has 2 rings (SSSR count). The Morgan fingerprint density at radius 3 is 2.19 bits per heavy atom. The van der Waals surface area contributed by atoms with Crippen LogP contribution in [-0.2, 0) is 7.05 Å². The molecule has 6 nitrogen and oxygen atoms in total. The van der Waals surface area contributed by atoms with Crippen molar-refractivity contribution in [2.24, 2.45) is 7.05 Å². The van der Waals surface area contributed by atoms with Gasteiger partial charge >= 0.3 is 0 Å². The van der Waals surface area contributed by atoms with Gasteiger partial charge in [0.15, 0.2) is 5.16 Å². The number of aromatic nitrogens is 6. The Labute approximate surface area is 105 Å². The molecular formula is C7H6Cl2N6S. The predicted octanol–water partition coefficient (Wildman–Crippen LogP) is 1.77. The Morgan fingerprint density at radius 1 is 1.06 bits per heavy atom. The number of halogens is 2. The highest BCUT2D eigenvalue weighted by atomic mass is 35.5. The summed E-state index contributed by atoms with van der Waals surface area (Å²) in [6, 6.07) is 0. The van der Waals surface area contributed by atoms with Crippen LogP contribution in [-0.4, -0.2) is 29.7 Å². The largest absolute Gasteiger partial charge is 0.309 e. The van der Waals surface area contributed by atoms with E-state index >= 15 is 0 Å². The van der Waals surface area contributed by atoms with Gasteiger partial charge in [-0.25, -0.2) is 0 Å². The molecule has 0 N–H and O–H groups in total. The van der Waals surface area contributed by atoms with Crippen LogP contribution in [0, 0.1) is 6.92 Å². The summed E-state index contributed by atoms with van der Waals surface area (Å²) >= 11 is 12.5. The summed E-state index contributed by atoms with van der Waals surface area (Å²) in [5.74, 6) is 0.800. The minimum atomic E-state index is 0.0568. The van der Waals surface area contributed by atoms with Crippen molar-refractivity contribution in [3.8, 4) is 0 Å². The van der Waals surface area contributed by atoms with Crippen molar-refractivity contribution in [1.82, 2.24) is 29.7 Å². The van der Waals surface area contributed by atoms with Crippen LogP contribution < -0.4 is 0 Å². The fourth-order valence-electron chi connectivity index (χ4n) is 0.913. The average Bonchev–Trinajstić information content (AvgIpc) is 2.48. The third-order valence-electron chi connectivity index (χ3n) is 1.80. The maximum Gasteiger partial charge on any atom is 0.227 e. The minimum Gasteiger partial charge on any atom is -0.309 e. The van der Waals surface area contributed by atoms with E-state index in [1.807, 2.05) is 18.5 Å². The van der Waals surface area contributed by atoms with Gasteiger partial charge in [0, 0.05) is 7.05 Å². The van der Waals surface area contributed by atoms with Gasteiger partial charge in [0.1, 0.15) is 5.82 Å². The van der Waals surface area contributed by atoms with E-state index in [4.69, 9.17) is 23.2 Å². The van der Waals surface area contributed by atoms with Gasteiger partial charge in [0.25, 0.3) is 0 Å². The lowest BCUT2D eigenvalue weighted by atomic mass is 10.7. The Hall–Kier alpha value is -0.920. The third kappa shape index (κ3) is 2.42. The molecule has 0 aromatic carbocycles. The molecule has 0 atom stereocenters. The Morgan fingerprint density at radius 2 is 1.69 bits per heavy atom. The van der Waals surface area contributed by atoms with Crippen LogP contribution in [0.4, 0.5) is 0 Å². The molecule has 2 aromatic rings. The van der Waals surface area contributed by atoms with E-state index in [9.17, 15) is 0 Å². The summed E-state index contributed by atoms with van der Waals surface area (Å²) in [5.41, 5.74) is 0. The number of aryl methyl sites for hydroxylation is 1. The van der Waals surface area contributed by atoms with E-state index in [0.29, 0.717) is 10.3 Å². The summed E-state index contributed by atoms with van der Waals surface area (Å²) in [6.45, 7) is 1.85.